The summed E-state index contributed by atoms with van der Waals surface area (Å²) in [6.07, 6.45) is 1.18. The summed E-state index contributed by atoms with van der Waals surface area (Å²) in [4.78, 5) is 13.8. The summed E-state index contributed by atoms with van der Waals surface area (Å²) >= 11 is 0. The van der Waals surface area contributed by atoms with Crippen molar-refractivity contribution in [2.45, 2.75) is 26.4 Å². The lowest BCUT2D eigenvalue weighted by atomic mass is 10.0. The molecule has 0 aliphatic carbocycles. The van der Waals surface area contributed by atoms with Crippen LogP contribution in [-0.4, -0.2) is 21.1 Å². The molecule has 0 aliphatic rings. The minimum Gasteiger partial charge on any atom is -0.392 e. The van der Waals surface area contributed by atoms with Gasteiger partial charge in [-0.1, -0.05) is 13.8 Å². The standard InChI is InChI=1S/C10H14N2O3/c1-7(2)10(13)5-8-3-4-9(6-11-8)12(14)15/h3-4,6-7,10,13H,5H2,1-2H3. The molecule has 5 heteroatoms. The van der Waals surface area contributed by atoms with Crippen molar-refractivity contribution in [2.24, 2.45) is 5.92 Å². The molecule has 0 radical (unpaired) electrons. The Labute approximate surface area is 87.9 Å². The third-order valence-electron chi connectivity index (χ3n) is 2.21. The maximum Gasteiger partial charge on any atom is 0.287 e. The Morgan fingerprint density at radius 3 is 2.60 bits per heavy atom. The Bertz CT molecular complexity index is 335. The van der Waals surface area contributed by atoms with Crippen LogP contribution in [0.5, 0.6) is 0 Å². The fourth-order valence-electron chi connectivity index (χ4n) is 1.10. The number of nitrogens with zero attached hydrogens (tertiary/aromatic N) is 2. The van der Waals surface area contributed by atoms with Crippen LogP contribution in [0.3, 0.4) is 0 Å². The second kappa shape index (κ2) is 4.84. The lowest BCUT2D eigenvalue weighted by molar-refractivity contribution is -0.385. The van der Waals surface area contributed by atoms with Crippen LogP contribution in [0.1, 0.15) is 19.5 Å². The van der Waals surface area contributed by atoms with E-state index in [2.05, 4.69) is 4.98 Å². The molecule has 82 valence electrons. The second-order valence-corrected chi connectivity index (χ2v) is 3.78. The van der Waals surface area contributed by atoms with Gasteiger partial charge in [0.25, 0.3) is 5.69 Å². The van der Waals surface area contributed by atoms with Gasteiger partial charge in [-0.05, 0) is 12.0 Å². The van der Waals surface area contributed by atoms with Crippen molar-refractivity contribution in [3.05, 3.63) is 34.1 Å². The van der Waals surface area contributed by atoms with Gasteiger partial charge in [-0.15, -0.1) is 0 Å². The lowest BCUT2D eigenvalue weighted by Crippen LogP contribution is -2.18. The average molecular weight is 210 g/mol. The quantitative estimate of drug-likeness (QED) is 0.604. The number of rotatable bonds is 4. The SMILES string of the molecule is CC(C)C(O)Cc1ccc([N+](=O)[O-])cn1. The van der Waals surface area contributed by atoms with Crippen molar-refractivity contribution in [1.82, 2.24) is 4.98 Å². The first-order valence-corrected chi connectivity index (χ1v) is 4.78. The van der Waals surface area contributed by atoms with Crippen LogP contribution in [0.15, 0.2) is 18.3 Å². The Kier molecular flexibility index (Phi) is 3.74. The fourth-order valence-corrected chi connectivity index (χ4v) is 1.10. The third kappa shape index (κ3) is 3.28. The largest absolute Gasteiger partial charge is 0.392 e. The highest BCUT2D eigenvalue weighted by Gasteiger charge is 2.12. The molecule has 0 spiro atoms. The summed E-state index contributed by atoms with van der Waals surface area (Å²) in [5.74, 6) is 0.155. The molecule has 5 nitrogen and oxygen atoms in total. The van der Waals surface area contributed by atoms with Gasteiger partial charge in [0.2, 0.25) is 0 Å². The zero-order valence-corrected chi connectivity index (χ0v) is 8.75. The number of pyridine rings is 1. The lowest BCUT2D eigenvalue weighted by Gasteiger charge is -2.13. The first kappa shape index (κ1) is 11.6. The smallest absolute Gasteiger partial charge is 0.287 e. The van der Waals surface area contributed by atoms with Gasteiger partial charge in [0.1, 0.15) is 6.20 Å². The molecule has 1 heterocycles. The van der Waals surface area contributed by atoms with E-state index in [4.69, 9.17) is 0 Å². The predicted molar refractivity (Wildman–Crippen MR) is 55.4 cm³/mol. The molecule has 1 aromatic heterocycles. The molecule has 0 saturated carbocycles. The highest BCUT2D eigenvalue weighted by atomic mass is 16.6. The first-order chi connectivity index (χ1) is 7.00. The van der Waals surface area contributed by atoms with Crippen LogP contribution in [0.4, 0.5) is 5.69 Å². The van der Waals surface area contributed by atoms with Crippen molar-refractivity contribution in [1.29, 1.82) is 0 Å². The average Bonchev–Trinajstić information content (AvgIpc) is 2.18. The highest BCUT2D eigenvalue weighted by molar-refractivity contribution is 5.26. The van der Waals surface area contributed by atoms with Gasteiger partial charge < -0.3 is 5.11 Å². The summed E-state index contributed by atoms with van der Waals surface area (Å²) in [6.45, 7) is 3.83. The van der Waals surface area contributed by atoms with Gasteiger partial charge in [0, 0.05) is 18.2 Å². The molecule has 1 N–H and O–H groups in total. The van der Waals surface area contributed by atoms with E-state index in [0.29, 0.717) is 12.1 Å². The van der Waals surface area contributed by atoms with E-state index in [9.17, 15) is 15.2 Å². The molecular weight excluding hydrogens is 196 g/mol. The molecule has 0 bridgehead atoms. The zero-order chi connectivity index (χ0) is 11.4. The maximum absolute atomic E-state index is 10.4. The van der Waals surface area contributed by atoms with E-state index in [1.54, 1.807) is 6.07 Å². The Morgan fingerprint density at radius 2 is 2.20 bits per heavy atom. The van der Waals surface area contributed by atoms with E-state index < -0.39 is 11.0 Å². The fraction of sp³-hybridized carbons (Fsp3) is 0.500. The number of nitro groups is 1. The van der Waals surface area contributed by atoms with Gasteiger partial charge >= 0.3 is 0 Å². The van der Waals surface area contributed by atoms with Gasteiger partial charge in [-0.25, -0.2) is 0 Å². The first-order valence-electron chi connectivity index (χ1n) is 4.78. The van der Waals surface area contributed by atoms with Crippen LogP contribution in [0.2, 0.25) is 0 Å². The van der Waals surface area contributed by atoms with Gasteiger partial charge in [-0.2, -0.15) is 0 Å². The van der Waals surface area contributed by atoms with Gasteiger partial charge in [0.15, 0.2) is 0 Å². The number of hydrogen-bond donors (Lipinski definition) is 1. The minimum absolute atomic E-state index is 0.0298. The third-order valence-corrected chi connectivity index (χ3v) is 2.21. The summed E-state index contributed by atoms with van der Waals surface area (Å²) in [5, 5.41) is 19.9. The van der Waals surface area contributed by atoms with E-state index in [0.717, 1.165) is 0 Å². The van der Waals surface area contributed by atoms with Crippen LogP contribution in [-0.2, 0) is 6.42 Å². The summed E-state index contributed by atoms with van der Waals surface area (Å²) in [7, 11) is 0. The Balaban J connectivity index is 2.68. The molecule has 0 aromatic carbocycles. The summed E-state index contributed by atoms with van der Waals surface area (Å²) in [6, 6.07) is 2.97. The molecule has 0 saturated heterocycles. The Hall–Kier alpha value is -1.49. The summed E-state index contributed by atoms with van der Waals surface area (Å²) < 4.78 is 0. The van der Waals surface area contributed by atoms with E-state index in [-0.39, 0.29) is 11.6 Å². The van der Waals surface area contributed by atoms with E-state index in [1.165, 1.54) is 12.3 Å². The van der Waals surface area contributed by atoms with Crippen molar-refractivity contribution < 1.29 is 10.0 Å². The molecule has 1 rings (SSSR count). The number of aliphatic hydroxyl groups excluding tert-OH is 1. The monoisotopic (exact) mass is 210 g/mol. The molecule has 1 unspecified atom stereocenters. The van der Waals surface area contributed by atoms with E-state index >= 15 is 0 Å². The molecule has 0 amide bonds. The molecule has 15 heavy (non-hydrogen) atoms. The maximum atomic E-state index is 10.4. The van der Waals surface area contributed by atoms with E-state index in [1.807, 2.05) is 13.8 Å². The van der Waals surface area contributed by atoms with Gasteiger partial charge in [0.05, 0.1) is 11.0 Å². The molecule has 0 fully saturated rings. The summed E-state index contributed by atoms with van der Waals surface area (Å²) in [5.41, 5.74) is 0.639. The number of aromatic nitrogens is 1. The second-order valence-electron chi connectivity index (χ2n) is 3.78. The number of aliphatic hydroxyl groups is 1. The van der Waals surface area contributed by atoms with Crippen LogP contribution >= 0.6 is 0 Å². The van der Waals surface area contributed by atoms with Crippen LogP contribution in [0, 0.1) is 16.0 Å². The van der Waals surface area contributed by atoms with Crippen molar-refractivity contribution in [2.75, 3.05) is 0 Å². The molecular formula is C10H14N2O3. The zero-order valence-electron chi connectivity index (χ0n) is 8.75. The highest BCUT2D eigenvalue weighted by Crippen LogP contribution is 2.12. The molecule has 1 aromatic rings. The topological polar surface area (TPSA) is 76.3 Å². The molecule has 1 atom stereocenters. The van der Waals surface area contributed by atoms with Crippen LogP contribution < -0.4 is 0 Å². The van der Waals surface area contributed by atoms with Crippen molar-refractivity contribution in [3.8, 4) is 0 Å². The minimum atomic E-state index is -0.490. The normalized spacial score (nSPS) is 12.8. The Morgan fingerprint density at radius 1 is 1.53 bits per heavy atom. The van der Waals surface area contributed by atoms with Gasteiger partial charge in [-0.3, -0.25) is 15.1 Å². The predicted octanol–water partition coefficient (Wildman–Crippen LogP) is 1.55. The van der Waals surface area contributed by atoms with Crippen molar-refractivity contribution in [3.63, 3.8) is 0 Å². The van der Waals surface area contributed by atoms with Crippen molar-refractivity contribution >= 4 is 5.69 Å². The van der Waals surface area contributed by atoms with Crippen LogP contribution in [0.25, 0.3) is 0 Å². The number of hydrogen-bond acceptors (Lipinski definition) is 4. The molecule has 0 aliphatic heterocycles.